The van der Waals surface area contributed by atoms with E-state index >= 15 is 0 Å². The van der Waals surface area contributed by atoms with Crippen molar-refractivity contribution in [3.05, 3.63) is 52.8 Å². The first kappa shape index (κ1) is 16.7. The Bertz CT molecular complexity index is 691. The Morgan fingerprint density at radius 3 is 2.73 bits per heavy atom. The van der Waals surface area contributed by atoms with Crippen LogP contribution in [0.15, 0.2) is 35.4 Å². The molecule has 0 aliphatic heterocycles. The minimum absolute atomic E-state index is 0.0107. The number of aromatic nitrogens is 1. The minimum atomic E-state index is -0.964. The zero-order valence-electron chi connectivity index (χ0n) is 11.8. The molecule has 0 atom stereocenters. The number of aromatic hydroxyl groups is 1. The van der Waals surface area contributed by atoms with Gasteiger partial charge >= 0.3 is 5.97 Å². The van der Waals surface area contributed by atoms with Crippen LogP contribution in [0.25, 0.3) is 0 Å². The fourth-order valence-corrected chi connectivity index (χ4v) is 4.17. The molecular weight excluding hydrogens is 322 g/mol. The summed E-state index contributed by atoms with van der Waals surface area (Å²) in [7, 11) is 2.77. The number of benzene rings is 1. The number of pyridine rings is 1. The number of aliphatic hydroxyl groups is 1. The zero-order valence-corrected chi connectivity index (χ0v) is 13.4. The van der Waals surface area contributed by atoms with Gasteiger partial charge in [0.2, 0.25) is 0 Å². The lowest BCUT2D eigenvalue weighted by molar-refractivity contribution is 0.0693. The van der Waals surface area contributed by atoms with Gasteiger partial charge in [0, 0.05) is 22.4 Å². The molecule has 22 heavy (non-hydrogen) atoms. The summed E-state index contributed by atoms with van der Waals surface area (Å²) in [6.45, 7) is 1.41. The topological polar surface area (TPSA) is 90.7 Å². The highest BCUT2D eigenvalue weighted by Crippen LogP contribution is 2.37. The van der Waals surface area contributed by atoms with Gasteiger partial charge < -0.3 is 15.3 Å². The lowest BCUT2D eigenvalue weighted by atomic mass is 10.1. The number of aromatic carboxylic acids is 1. The molecule has 0 amide bonds. The molecule has 0 aliphatic carbocycles. The van der Waals surface area contributed by atoms with E-state index < -0.39 is 5.97 Å². The number of rotatable bonds is 6. The van der Waals surface area contributed by atoms with Crippen molar-refractivity contribution >= 4 is 27.6 Å². The molecule has 0 aliphatic rings. The van der Waals surface area contributed by atoms with Crippen molar-refractivity contribution in [3.63, 3.8) is 0 Å². The molecule has 5 nitrogen and oxygen atoms in total. The first-order chi connectivity index (χ1) is 10.5. The van der Waals surface area contributed by atoms with Gasteiger partial charge in [-0.25, -0.2) is 4.79 Å². The number of nitrogens with zero attached hydrogens (tertiary/aromatic N) is 1. The Morgan fingerprint density at radius 2 is 2.05 bits per heavy atom. The average Bonchev–Trinajstić information content (AvgIpc) is 2.51. The van der Waals surface area contributed by atoms with Crippen molar-refractivity contribution in [2.24, 2.45) is 0 Å². The van der Waals surface area contributed by atoms with Gasteiger partial charge in [-0.05, 0) is 24.6 Å². The normalized spacial score (nSPS) is 10.6. The van der Waals surface area contributed by atoms with Gasteiger partial charge in [0.1, 0.15) is 5.75 Å². The van der Waals surface area contributed by atoms with Crippen LogP contribution in [0.1, 0.15) is 27.2 Å². The summed E-state index contributed by atoms with van der Waals surface area (Å²) in [5, 5.41) is 28.4. The molecule has 0 saturated carbocycles. The summed E-state index contributed by atoms with van der Waals surface area (Å²) in [4.78, 5) is 15.9. The quantitative estimate of drug-likeness (QED) is 0.697. The third-order valence-electron chi connectivity index (χ3n) is 3.07. The number of carboxylic acids is 1. The first-order valence-corrected chi connectivity index (χ1v) is 8.75. The highest BCUT2D eigenvalue weighted by atomic mass is 33.1. The second kappa shape index (κ2) is 7.53. The largest absolute Gasteiger partial charge is 0.506 e. The Kier molecular flexibility index (Phi) is 5.70. The van der Waals surface area contributed by atoms with Gasteiger partial charge in [0.25, 0.3) is 0 Å². The summed E-state index contributed by atoms with van der Waals surface area (Å²) < 4.78 is 0. The molecule has 0 spiro atoms. The molecule has 0 radical (unpaired) electrons. The highest BCUT2D eigenvalue weighted by molar-refractivity contribution is 8.76. The molecule has 0 saturated heterocycles. The molecule has 2 rings (SSSR count). The van der Waals surface area contributed by atoms with Crippen molar-refractivity contribution in [1.82, 2.24) is 4.98 Å². The van der Waals surface area contributed by atoms with Crippen LogP contribution < -0.4 is 0 Å². The molecule has 2 aromatic rings. The second-order valence-electron chi connectivity index (χ2n) is 4.50. The molecule has 1 aromatic carbocycles. The molecular formula is C15H15NO4S2. The number of hydrogen-bond donors (Lipinski definition) is 3. The van der Waals surface area contributed by atoms with Gasteiger partial charge in [0.05, 0.1) is 17.9 Å². The van der Waals surface area contributed by atoms with Gasteiger partial charge in [0.15, 0.2) is 0 Å². The van der Waals surface area contributed by atoms with E-state index in [1.807, 2.05) is 0 Å². The minimum Gasteiger partial charge on any atom is -0.506 e. The monoisotopic (exact) mass is 337 g/mol. The van der Waals surface area contributed by atoms with E-state index in [1.54, 1.807) is 37.4 Å². The predicted octanol–water partition coefficient (Wildman–Crippen LogP) is 3.23. The van der Waals surface area contributed by atoms with E-state index in [-0.39, 0.29) is 17.9 Å². The maximum atomic E-state index is 11.1. The molecule has 0 fully saturated rings. The van der Waals surface area contributed by atoms with Crippen LogP contribution in [0.2, 0.25) is 0 Å². The summed E-state index contributed by atoms with van der Waals surface area (Å²) in [5.74, 6) is -0.457. The van der Waals surface area contributed by atoms with Gasteiger partial charge in [-0.2, -0.15) is 0 Å². The maximum absolute atomic E-state index is 11.1. The zero-order chi connectivity index (χ0) is 16.1. The number of hydrogen-bond acceptors (Lipinski definition) is 6. The lowest BCUT2D eigenvalue weighted by Gasteiger charge is -2.10. The lowest BCUT2D eigenvalue weighted by Crippen LogP contribution is -1.98. The molecule has 3 N–H and O–H groups in total. The van der Waals surface area contributed by atoms with Crippen molar-refractivity contribution < 1.29 is 20.1 Å². The smallest absolute Gasteiger partial charge is 0.336 e. The Balaban J connectivity index is 2.09. The first-order valence-electron chi connectivity index (χ1n) is 6.43. The van der Waals surface area contributed by atoms with E-state index in [1.165, 1.54) is 21.6 Å². The van der Waals surface area contributed by atoms with E-state index in [4.69, 9.17) is 5.11 Å². The van der Waals surface area contributed by atoms with Crippen LogP contribution >= 0.6 is 21.6 Å². The predicted molar refractivity (Wildman–Crippen MR) is 87.1 cm³/mol. The Labute approximate surface area is 135 Å². The molecule has 0 unspecified atom stereocenters. The third kappa shape index (κ3) is 3.73. The molecule has 1 aromatic heterocycles. The van der Waals surface area contributed by atoms with Gasteiger partial charge in [-0.1, -0.05) is 33.7 Å². The summed E-state index contributed by atoms with van der Waals surface area (Å²) >= 11 is 0. The van der Waals surface area contributed by atoms with Gasteiger partial charge in [-0.3, -0.25) is 4.98 Å². The van der Waals surface area contributed by atoms with Gasteiger partial charge in [-0.15, -0.1) is 0 Å². The second-order valence-corrected chi connectivity index (χ2v) is 6.84. The standard InChI is InChI=1S/C15H15NO4S2/c1-9-14(18)12(7-17)10(6-16-9)8-21-22-13-5-3-2-4-11(13)15(19)20/h2-6,17-18H,7-8H2,1H3,(H,19,20). The van der Waals surface area contributed by atoms with Crippen molar-refractivity contribution in [1.29, 1.82) is 0 Å². The van der Waals surface area contributed by atoms with E-state index in [0.29, 0.717) is 21.9 Å². The highest BCUT2D eigenvalue weighted by Gasteiger charge is 2.13. The van der Waals surface area contributed by atoms with Crippen LogP contribution in [0.3, 0.4) is 0 Å². The van der Waals surface area contributed by atoms with Crippen LogP contribution in [0.5, 0.6) is 5.75 Å². The van der Waals surface area contributed by atoms with Crippen LogP contribution in [-0.2, 0) is 12.4 Å². The molecule has 7 heteroatoms. The SMILES string of the molecule is Cc1ncc(CSSc2ccccc2C(=O)O)c(CO)c1O. The van der Waals surface area contributed by atoms with E-state index in [9.17, 15) is 15.0 Å². The maximum Gasteiger partial charge on any atom is 0.336 e. The summed E-state index contributed by atoms with van der Waals surface area (Å²) in [6, 6.07) is 6.78. The average molecular weight is 337 g/mol. The third-order valence-corrected chi connectivity index (χ3v) is 5.40. The number of aryl methyl sites for hydroxylation is 1. The number of carboxylic acid groups (broad SMARTS) is 1. The van der Waals surface area contributed by atoms with Crippen LogP contribution in [0, 0.1) is 6.92 Å². The number of carbonyl (C=O) groups is 1. The molecule has 1 heterocycles. The fraction of sp³-hybridized carbons (Fsp3) is 0.200. The Hall–Kier alpha value is -1.70. The van der Waals surface area contributed by atoms with Crippen molar-refractivity contribution in [3.8, 4) is 5.75 Å². The van der Waals surface area contributed by atoms with Crippen LogP contribution in [-0.4, -0.2) is 26.3 Å². The van der Waals surface area contributed by atoms with E-state index in [0.717, 1.165) is 5.56 Å². The number of aliphatic hydroxyl groups excluding tert-OH is 1. The fourth-order valence-electron chi connectivity index (χ4n) is 1.86. The summed E-state index contributed by atoms with van der Waals surface area (Å²) in [6.07, 6.45) is 1.62. The molecule has 116 valence electrons. The van der Waals surface area contributed by atoms with Crippen LogP contribution in [0.4, 0.5) is 0 Å². The van der Waals surface area contributed by atoms with Crippen molar-refractivity contribution in [2.45, 2.75) is 24.2 Å². The Morgan fingerprint density at radius 1 is 1.32 bits per heavy atom. The molecule has 0 bridgehead atoms. The van der Waals surface area contributed by atoms with Crippen molar-refractivity contribution in [2.75, 3.05) is 0 Å². The van der Waals surface area contributed by atoms with E-state index in [2.05, 4.69) is 4.98 Å². The summed E-state index contributed by atoms with van der Waals surface area (Å²) in [5.41, 5.74) is 1.93.